The molecule has 2 aromatic rings. The van der Waals surface area contributed by atoms with Gasteiger partial charge in [-0.05, 0) is 49.1 Å². The molecule has 1 aliphatic heterocycles. The van der Waals surface area contributed by atoms with Crippen LogP contribution in [0, 0.1) is 0 Å². The van der Waals surface area contributed by atoms with Gasteiger partial charge < -0.3 is 24.4 Å². The molecule has 1 fully saturated rings. The smallest absolute Gasteiger partial charge is 0.193 e. The summed E-state index contributed by atoms with van der Waals surface area (Å²) in [5, 5.41) is 3.48. The first-order chi connectivity index (χ1) is 14.8. The Morgan fingerprint density at radius 2 is 1.80 bits per heavy atom. The number of para-hydroxylation sites is 1. The Bertz CT molecular complexity index is 774. The molecule has 0 bridgehead atoms. The molecular weight excluding hydrogens is 378 g/mol. The first-order valence-corrected chi connectivity index (χ1v) is 10.7. The number of nitrogens with one attached hydrogen (secondary N) is 1. The number of ether oxygens (including phenoxy) is 3. The number of hydrogen-bond donors (Lipinski definition) is 1. The maximum Gasteiger partial charge on any atom is 0.193 e. The van der Waals surface area contributed by atoms with Gasteiger partial charge in [0, 0.05) is 47.0 Å². The van der Waals surface area contributed by atoms with Crippen LogP contribution < -0.4 is 10.1 Å². The number of hydrogen-bond acceptors (Lipinski definition) is 4. The quantitative estimate of drug-likeness (QED) is 0.383. The zero-order valence-electron chi connectivity index (χ0n) is 18.0. The largest absolute Gasteiger partial charge is 0.457 e. The standard InChI is InChI=1S/C24H33N3O3/c1-25-24(27-14-12-21(13-15-27)29-17-7-16-28-2)26-19-20-8-6-11-23(18-20)30-22-9-4-3-5-10-22/h3-6,8-11,18,21H,7,12-17,19H2,1-2H3,(H,25,26). The van der Waals surface area contributed by atoms with Crippen molar-refractivity contribution in [3.05, 3.63) is 60.2 Å². The van der Waals surface area contributed by atoms with E-state index < -0.39 is 0 Å². The highest BCUT2D eigenvalue weighted by Crippen LogP contribution is 2.22. The molecule has 0 amide bonds. The van der Waals surface area contributed by atoms with Gasteiger partial charge in [0.15, 0.2) is 5.96 Å². The maximum absolute atomic E-state index is 5.96. The Balaban J connectivity index is 1.45. The van der Waals surface area contributed by atoms with E-state index in [0.29, 0.717) is 12.6 Å². The zero-order chi connectivity index (χ0) is 21.0. The number of rotatable bonds is 9. The van der Waals surface area contributed by atoms with E-state index in [2.05, 4.69) is 27.3 Å². The second-order valence-corrected chi connectivity index (χ2v) is 7.37. The Morgan fingerprint density at radius 3 is 2.53 bits per heavy atom. The number of benzene rings is 2. The third-order valence-corrected chi connectivity index (χ3v) is 5.13. The molecule has 162 valence electrons. The lowest BCUT2D eigenvalue weighted by molar-refractivity contribution is 0.00989. The second kappa shape index (κ2) is 12.2. The van der Waals surface area contributed by atoms with Crippen LogP contribution in [0.25, 0.3) is 0 Å². The van der Waals surface area contributed by atoms with Gasteiger partial charge in [-0.25, -0.2) is 0 Å². The lowest BCUT2D eigenvalue weighted by Crippen LogP contribution is -2.46. The molecule has 30 heavy (non-hydrogen) atoms. The predicted molar refractivity (Wildman–Crippen MR) is 120 cm³/mol. The molecule has 0 aromatic heterocycles. The molecular formula is C24H33N3O3. The molecule has 0 radical (unpaired) electrons. The summed E-state index contributed by atoms with van der Waals surface area (Å²) in [5.41, 5.74) is 1.15. The Morgan fingerprint density at radius 1 is 1.03 bits per heavy atom. The summed E-state index contributed by atoms with van der Waals surface area (Å²) < 4.78 is 17.0. The van der Waals surface area contributed by atoms with E-state index in [-0.39, 0.29) is 0 Å². The Labute approximate surface area is 179 Å². The van der Waals surface area contributed by atoms with Gasteiger partial charge in [0.2, 0.25) is 0 Å². The van der Waals surface area contributed by atoms with Crippen LogP contribution in [0.3, 0.4) is 0 Å². The highest BCUT2D eigenvalue weighted by Gasteiger charge is 2.21. The first kappa shape index (κ1) is 22.1. The van der Waals surface area contributed by atoms with Crippen LogP contribution in [0.2, 0.25) is 0 Å². The van der Waals surface area contributed by atoms with Gasteiger partial charge in [0.05, 0.1) is 6.10 Å². The van der Waals surface area contributed by atoms with Crippen molar-refractivity contribution in [2.24, 2.45) is 4.99 Å². The Kier molecular flexibility index (Phi) is 9.00. The summed E-state index contributed by atoms with van der Waals surface area (Å²) in [6.45, 7) is 4.13. The highest BCUT2D eigenvalue weighted by molar-refractivity contribution is 5.80. The van der Waals surface area contributed by atoms with E-state index in [1.807, 2.05) is 49.5 Å². The highest BCUT2D eigenvalue weighted by atomic mass is 16.5. The molecule has 1 aliphatic rings. The van der Waals surface area contributed by atoms with Gasteiger partial charge in [0.25, 0.3) is 0 Å². The summed E-state index contributed by atoms with van der Waals surface area (Å²) in [6, 6.07) is 18.0. The molecule has 2 aromatic carbocycles. The van der Waals surface area contributed by atoms with Crippen LogP contribution in [0.15, 0.2) is 59.6 Å². The molecule has 1 N–H and O–H groups in total. The fourth-order valence-electron chi connectivity index (χ4n) is 3.54. The topological polar surface area (TPSA) is 55.3 Å². The van der Waals surface area contributed by atoms with Crippen LogP contribution in [0.4, 0.5) is 0 Å². The number of aliphatic imine (C=N–C) groups is 1. The fraction of sp³-hybridized carbons (Fsp3) is 0.458. The van der Waals surface area contributed by atoms with Crippen LogP contribution in [0.1, 0.15) is 24.8 Å². The zero-order valence-corrected chi connectivity index (χ0v) is 18.0. The third kappa shape index (κ3) is 7.04. The second-order valence-electron chi connectivity index (χ2n) is 7.37. The van der Waals surface area contributed by atoms with Crippen LogP contribution in [-0.2, 0) is 16.0 Å². The summed E-state index contributed by atoms with van der Waals surface area (Å²) in [7, 11) is 3.56. The molecule has 0 spiro atoms. The summed E-state index contributed by atoms with van der Waals surface area (Å²) in [5.74, 6) is 2.61. The number of guanidine groups is 1. The summed E-state index contributed by atoms with van der Waals surface area (Å²) >= 11 is 0. The lowest BCUT2D eigenvalue weighted by Gasteiger charge is -2.34. The SMILES string of the molecule is CN=C(NCc1cccc(Oc2ccccc2)c1)N1CCC(OCCCOC)CC1. The molecule has 6 heteroatoms. The van der Waals surface area contributed by atoms with Gasteiger partial charge in [-0.3, -0.25) is 4.99 Å². The van der Waals surface area contributed by atoms with Crippen molar-refractivity contribution >= 4 is 5.96 Å². The van der Waals surface area contributed by atoms with Gasteiger partial charge in [-0.1, -0.05) is 30.3 Å². The van der Waals surface area contributed by atoms with Crippen molar-refractivity contribution < 1.29 is 14.2 Å². The average Bonchev–Trinajstić information content (AvgIpc) is 2.79. The van der Waals surface area contributed by atoms with Crippen molar-refractivity contribution in [3.63, 3.8) is 0 Å². The van der Waals surface area contributed by atoms with Crippen LogP contribution >= 0.6 is 0 Å². The van der Waals surface area contributed by atoms with E-state index >= 15 is 0 Å². The van der Waals surface area contributed by atoms with E-state index in [1.165, 1.54) is 0 Å². The van der Waals surface area contributed by atoms with Gasteiger partial charge in [-0.15, -0.1) is 0 Å². The summed E-state index contributed by atoms with van der Waals surface area (Å²) in [4.78, 5) is 6.78. The minimum Gasteiger partial charge on any atom is -0.457 e. The van der Waals surface area contributed by atoms with Crippen molar-refractivity contribution in [1.82, 2.24) is 10.2 Å². The molecule has 1 heterocycles. The predicted octanol–water partition coefficient (Wildman–Crippen LogP) is 4.07. The molecule has 0 aliphatic carbocycles. The van der Waals surface area contributed by atoms with Gasteiger partial charge >= 0.3 is 0 Å². The molecule has 0 unspecified atom stereocenters. The third-order valence-electron chi connectivity index (χ3n) is 5.13. The Hall–Kier alpha value is -2.57. The van der Waals surface area contributed by atoms with Crippen LogP contribution in [-0.4, -0.2) is 57.4 Å². The van der Waals surface area contributed by atoms with Crippen molar-refractivity contribution in [2.75, 3.05) is 40.5 Å². The number of likely N-dealkylation sites (tertiary alicyclic amines) is 1. The van der Waals surface area contributed by atoms with Crippen LogP contribution in [0.5, 0.6) is 11.5 Å². The fourth-order valence-corrected chi connectivity index (χ4v) is 3.54. The number of methoxy groups -OCH3 is 1. The van der Waals surface area contributed by atoms with E-state index in [0.717, 1.165) is 68.6 Å². The molecule has 0 atom stereocenters. The van der Waals surface area contributed by atoms with Crippen molar-refractivity contribution in [2.45, 2.75) is 31.9 Å². The number of piperidine rings is 1. The monoisotopic (exact) mass is 411 g/mol. The van der Waals surface area contributed by atoms with E-state index in [1.54, 1.807) is 7.11 Å². The first-order valence-electron chi connectivity index (χ1n) is 10.7. The normalized spacial score (nSPS) is 15.3. The minimum atomic E-state index is 0.336. The molecule has 0 saturated carbocycles. The average molecular weight is 412 g/mol. The van der Waals surface area contributed by atoms with E-state index in [4.69, 9.17) is 14.2 Å². The molecule has 6 nitrogen and oxygen atoms in total. The minimum absolute atomic E-state index is 0.336. The van der Waals surface area contributed by atoms with Crippen molar-refractivity contribution in [1.29, 1.82) is 0 Å². The lowest BCUT2D eigenvalue weighted by atomic mass is 10.1. The van der Waals surface area contributed by atoms with Crippen molar-refractivity contribution in [3.8, 4) is 11.5 Å². The molecule has 1 saturated heterocycles. The number of nitrogens with zero attached hydrogens (tertiary/aromatic N) is 2. The van der Waals surface area contributed by atoms with E-state index in [9.17, 15) is 0 Å². The van der Waals surface area contributed by atoms with Gasteiger partial charge in [-0.2, -0.15) is 0 Å². The van der Waals surface area contributed by atoms with Gasteiger partial charge in [0.1, 0.15) is 11.5 Å². The molecule has 3 rings (SSSR count). The summed E-state index contributed by atoms with van der Waals surface area (Å²) in [6.07, 6.45) is 3.33. The maximum atomic E-state index is 5.96.